The van der Waals surface area contributed by atoms with Gasteiger partial charge in [0.1, 0.15) is 12.4 Å². The maximum atomic E-state index is 5.64. The van der Waals surface area contributed by atoms with Crippen LogP contribution in [0.3, 0.4) is 0 Å². The van der Waals surface area contributed by atoms with Gasteiger partial charge in [-0.05, 0) is 12.1 Å². The Hall–Kier alpha value is -1.55. The van der Waals surface area contributed by atoms with Gasteiger partial charge in [-0.2, -0.15) is 5.10 Å². The number of hydrogen-bond donors (Lipinski definition) is 0. The van der Waals surface area contributed by atoms with Crippen LogP contribution in [0.5, 0.6) is 5.75 Å². The quantitative estimate of drug-likeness (QED) is 0.765. The Bertz CT molecular complexity index is 453. The number of pyridine rings is 1. The molecule has 2 aromatic rings. The molecule has 0 fully saturated rings. The van der Waals surface area contributed by atoms with Gasteiger partial charge in [-0.1, -0.05) is 0 Å². The molecule has 2 aromatic heterocycles. The number of aromatic nitrogens is 3. The summed E-state index contributed by atoms with van der Waals surface area (Å²) in [6, 6.07) is 3.71. The first kappa shape index (κ1) is 11.0. The monoisotopic (exact) mass is 237 g/mol. The van der Waals surface area contributed by atoms with Crippen LogP contribution in [0.15, 0.2) is 30.7 Å². The van der Waals surface area contributed by atoms with Gasteiger partial charge in [-0.3, -0.25) is 9.67 Å². The Morgan fingerprint density at radius 1 is 1.38 bits per heavy atom. The molecule has 0 amide bonds. The second-order valence-corrected chi connectivity index (χ2v) is 3.70. The van der Waals surface area contributed by atoms with Gasteiger partial charge < -0.3 is 4.74 Å². The predicted octanol–water partition coefficient (Wildman–Crippen LogP) is 2.13. The summed E-state index contributed by atoms with van der Waals surface area (Å²) in [6.45, 7) is 0.496. The van der Waals surface area contributed by atoms with E-state index >= 15 is 0 Å². The number of halogens is 1. The van der Waals surface area contributed by atoms with E-state index < -0.39 is 0 Å². The molecule has 2 heterocycles. The third-order valence-corrected chi connectivity index (χ3v) is 2.37. The molecule has 4 nitrogen and oxygen atoms in total. The van der Waals surface area contributed by atoms with Gasteiger partial charge in [0.2, 0.25) is 0 Å². The van der Waals surface area contributed by atoms with Crippen molar-refractivity contribution >= 4 is 11.6 Å². The maximum absolute atomic E-state index is 5.64. The fourth-order valence-corrected chi connectivity index (χ4v) is 1.45. The molecule has 0 N–H and O–H groups in total. The average Bonchev–Trinajstić information content (AvgIpc) is 2.73. The van der Waals surface area contributed by atoms with Gasteiger partial charge in [0, 0.05) is 18.8 Å². The molecule has 0 radical (unpaired) electrons. The van der Waals surface area contributed by atoms with E-state index in [2.05, 4.69) is 10.1 Å². The number of alkyl halides is 1. The maximum Gasteiger partial charge on any atom is 0.138 e. The van der Waals surface area contributed by atoms with Crippen molar-refractivity contribution in [3.63, 3.8) is 0 Å². The van der Waals surface area contributed by atoms with Gasteiger partial charge in [-0.25, -0.2) is 0 Å². The molecular formula is C11H12ClN3O. The van der Waals surface area contributed by atoms with Crippen molar-refractivity contribution in [3.05, 3.63) is 42.0 Å². The molecule has 2 rings (SSSR count). The second-order valence-electron chi connectivity index (χ2n) is 3.43. The molecule has 0 aliphatic carbocycles. The minimum Gasteiger partial charge on any atom is -0.487 e. The molecule has 0 saturated carbocycles. The molecule has 0 atom stereocenters. The zero-order valence-corrected chi connectivity index (χ0v) is 9.68. The summed E-state index contributed by atoms with van der Waals surface area (Å²) in [6.07, 6.45) is 5.37. The first-order chi connectivity index (χ1) is 7.78. The van der Waals surface area contributed by atoms with Crippen molar-refractivity contribution in [2.24, 2.45) is 7.05 Å². The van der Waals surface area contributed by atoms with Crippen molar-refractivity contribution in [3.8, 4) is 5.75 Å². The molecule has 0 bridgehead atoms. The lowest BCUT2D eigenvalue weighted by atomic mass is 10.3. The van der Waals surface area contributed by atoms with Crippen molar-refractivity contribution < 1.29 is 4.74 Å². The third kappa shape index (κ3) is 2.73. The Balaban J connectivity index is 1.94. The van der Waals surface area contributed by atoms with Crippen molar-refractivity contribution in [1.29, 1.82) is 0 Å². The zero-order chi connectivity index (χ0) is 11.4. The van der Waals surface area contributed by atoms with Gasteiger partial charge in [0.15, 0.2) is 0 Å². The van der Waals surface area contributed by atoms with Crippen LogP contribution in [0, 0.1) is 0 Å². The minimum absolute atomic E-state index is 0.420. The zero-order valence-electron chi connectivity index (χ0n) is 8.93. The SMILES string of the molecule is Cn1cc(COc2ccc(CCl)nc2)cn1. The topological polar surface area (TPSA) is 39.9 Å². The highest BCUT2D eigenvalue weighted by atomic mass is 35.5. The van der Waals surface area contributed by atoms with Crippen molar-refractivity contribution in [2.75, 3.05) is 0 Å². The van der Waals surface area contributed by atoms with Gasteiger partial charge in [-0.15, -0.1) is 11.6 Å². The summed E-state index contributed by atoms with van der Waals surface area (Å²) < 4.78 is 7.29. The molecule has 0 spiro atoms. The number of ether oxygens (including phenoxy) is 1. The average molecular weight is 238 g/mol. The van der Waals surface area contributed by atoms with E-state index in [0.29, 0.717) is 12.5 Å². The van der Waals surface area contributed by atoms with Gasteiger partial charge >= 0.3 is 0 Å². The van der Waals surface area contributed by atoms with Crippen LogP contribution in [0.1, 0.15) is 11.3 Å². The van der Waals surface area contributed by atoms with Gasteiger partial charge in [0.05, 0.1) is 24.0 Å². The minimum atomic E-state index is 0.420. The molecule has 0 unspecified atom stereocenters. The molecule has 0 aliphatic rings. The standard InChI is InChI=1S/C11H12ClN3O/c1-15-7-9(5-14-15)8-16-11-3-2-10(4-12)13-6-11/h2-3,5-7H,4,8H2,1H3. The lowest BCUT2D eigenvalue weighted by Gasteiger charge is -2.04. The molecule has 5 heteroatoms. The van der Waals surface area contributed by atoms with E-state index in [1.54, 1.807) is 17.1 Å². The van der Waals surface area contributed by atoms with Crippen LogP contribution in [0.25, 0.3) is 0 Å². The van der Waals surface area contributed by atoms with Crippen molar-refractivity contribution in [1.82, 2.24) is 14.8 Å². The predicted molar refractivity (Wildman–Crippen MR) is 61.3 cm³/mol. The molecule has 0 aromatic carbocycles. The fourth-order valence-electron chi connectivity index (χ4n) is 1.29. The smallest absolute Gasteiger partial charge is 0.138 e. The Kier molecular flexibility index (Phi) is 3.41. The highest BCUT2D eigenvalue weighted by Crippen LogP contribution is 2.12. The molecule has 84 valence electrons. The summed E-state index contributed by atoms with van der Waals surface area (Å²) in [5, 5.41) is 4.06. The Morgan fingerprint density at radius 2 is 2.25 bits per heavy atom. The largest absolute Gasteiger partial charge is 0.487 e. The first-order valence-corrected chi connectivity index (χ1v) is 5.42. The third-order valence-electron chi connectivity index (χ3n) is 2.10. The van der Waals surface area contributed by atoms with Crippen LogP contribution >= 0.6 is 11.6 Å². The number of rotatable bonds is 4. The van der Waals surface area contributed by atoms with Crippen LogP contribution in [0.4, 0.5) is 0 Å². The normalized spacial score (nSPS) is 10.4. The number of aryl methyl sites for hydroxylation is 1. The summed E-state index contributed by atoms with van der Waals surface area (Å²) in [5.74, 6) is 1.15. The summed E-state index contributed by atoms with van der Waals surface area (Å²) in [4.78, 5) is 4.14. The van der Waals surface area contributed by atoms with Crippen LogP contribution < -0.4 is 4.74 Å². The molecule has 0 saturated heterocycles. The highest BCUT2D eigenvalue weighted by Gasteiger charge is 1.99. The summed E-state index contributed by atoms with van der Waals surface area (Å²) >= 11 is 5.64. The van der Waals surface area contributed by atoms with Crippen molar-refractivity contribution in [2.45, 2.75) is 12.5 Å². The number of hydrogen-bond acceptors (Lipinski definition) is 3. The lowest BCUT2D eigenvalue weighted by Crippen LogP contribution is -1.95. The van der Waals surface area contributed by atoms with E-state index in [4.69, 9.17) is 16.3 Å². The first-order valence-electron chi connectivity index (χ1n) is 4.89. The van der Waals surface area contributed by atoms with Gasteiger partial charge in [0.25, 0.3) is 0 Å². The molecule has 0 aliphatic heterocycles. The molecule has 16 heavy (non-hydrogen) atoms. The summed E-state index contributed by atoms with van der Waals surface area (Å²) in [5.41, 5.74) is 1.87. The van der Waals surface area contributed by atoms with E-state index in [1.165, 1.54) is 0 Å². The van der Waals surface area contributed by atoms with Crippen LogP contribution in [-0.2, 0) is 19.5 Å². The molecular weight excluding hydrogens is 226 g/mol. The van der Waals surface area contributed by atoms with E-state index in [-0.39, 0.29) is 0 Å². The van der Waals surface area contributed by atoms with E-state index in [9.17, 15) is 0 Å². The Morgan fingerprint density at radius 3 is 2.81 bits per heavy atom. The summed E-state index contributed by atoms with van der Waals surface area (Å²) in [7, 11) is 1.88. The van der Waals surface area contributed by atoms with Crippen LogP contribution in [-0.4, -0.2) is 14.8 Å². The lowest BCUT2D eigenvalue weighted by molar-refractivity contribution is 0.304. The van der Waals surface area contributed by atoms with E-state index in [1.807, 2.05) is 25.4 Å². The highest BCUT2D eigenvalue weighted by molar-refractivity contribution is 6.16. The second kappa shape index (κ2) is 4.99. The Labute approximate surface area is 98.8 Å². The van der Waals surface area contributed by atoms with Crippen LogP contribution in [0.2, 0.25) is 0 Å². The van der Waals surface area contributed by atoms with E-state index in [0.717, 1.165) is 17.0 Å². The number of nitrogens with zero attached hydrogens (tertiary/aromatic N) is 3. The fraction of sp³-hybridized carbons (Fsp3) is 0.273.